The van der Waals surface area contributed by atoms with E-state index >= 15 is 0 Å². The van der Waals surface area contributed by atoms with Crippen molar-refractivity contribution in [3.63, 3.8) is 0 Å². The number of benzene rings is 2. The summed E-state index contributed by atoms with van der Waals surface area (Å²) in [6.45, 7) is 1.10. The molecule has 2 heterocycles. The van der Waals surface area contributed by atoms with Crippen LogP contribution in [0.15, 0.2) is 41.8 Å². The molecule has 0 saturated carbocycles. The predicted octanol–water partition coefficient (Wildman–Crippen LogP) is 5.32. The van der Waals surface area contributed by atoms with Crippen LogP contribution in [0, 0.1) is 0 Å². The number of methoxy groups -OCH3 is 3. The van der Waals surface area contributed by atoms with Gasteiger partial charge in [0.05, 0.1) is 39.7 Å². The number of rotatable bonds is 8. The van der Waals surface area contributed by atoms with Crippen LogP contribution in [-0.4, -0.2) is 51.5 Å². The summed E-state index contributed by atoms with van der Waals surface area (Å²) in [5, 5.41) is 3.18. The maximum Gasteiger partial charge on any atom is 0.260 e. The number of amides is 1. The van der Waals surface area contributed by atoms with Crippen LogP contribution in [0.3, 0.4) is 0 Å². The average molecular weight is 489 g/mol. The zero-order valence-electron chi connectivity index (χ0n) is 18.7. The van der Waals surface area contributed by atoms with Gasteiger partial charge in [-0.25, -0.2) is 4.98 Å². The predicted molar refractivity (Wildman–Crippen MR) is 129 cm³/mol. The smallest absolute Gasteiger partial charge is 0.260 e. The van der Waals surface area contributed by atoms with Crippen LogP contribution in [0.5, 0.6) is 17.2 Å². The Labute approximate surface area is 201 Å². The first-order chi connectivity index (χ1) is 16.0. The van der Waals surface area contributed by atoms with E-state index in [1.54, 1.807) is 17.0 Å². The van der Waals surface area contributed by atoms with E-state index in [0.717, 1.165) is 24.1 Å². The summed E-state index contributed by atoms with van der Waals surface area (Å²) in [7, 11) is 4.57. The summed E-state index contributed by atoms with van der Waals surface area (Å²) in [4.78, 5) is 20.2. The topological polar surface area (TPSA) is 70.1 Å². The van der Waals surface area contributed by atoms with Gasteiger partial charge in [-0.2, -0.15) is 0 Å². The molecule has 1 aliphatic heterocycles. The SMILES string of the molecule is COc1cc(C(=O)N(CC2CCCO2)c2nc(-c3ccc(Cl)cc3)cs2)cc(OC)c1OC. The van der Waals surface area contributed by atoms with E-state index in [1.165, 1.54) is 32.7 Å². The fourth-order valence-electron chi connectivity index (χ4n) is 3.74. The van der Waals surface area contributed by atoms with Gasteiger partial charge in [0.15, 0.2) is 16.6 Å². The summed E-state index contributed by atoms with van der Waals surface area (Å²) in [5.74, 6) is 1.04. The fraction of sp³-hybridized carbons (Fsp3) is 0.333. The molecule has 0 radical (unpaired) electrons. The minimum Gasteiger partial charge on any atom is -0.493 e. The minimum absolute atomic E-state index is 0.0427. The summed E-state index contributed by atoms with van der Waals surface area (Å²) < 4.78 is 22.1. The number of thiazole rings is 1. The van der Waals surface area contributed by atoms with Gasteiger partial charge in [-0.3, -0.25) is 9.69 Å². The number of ether oxygens (including phenoxy) is 4. The summed E-state index contributed by atoms with van der Waals surface area (Å²) in [6.07, 6.45) is 1.83. The summed E-state index contributed by atoms with van der Waals surface area (Å²) in [6, 6.07) is 10.8. The monoisotopic (exact) mass is 488 g/mol. The average Bonchev–Trinajstić information content (AvgIpc) is 3.54. The molecule has 174 valence electrons. The van der Waals surface area contributed by atoms with E-state index in [1.807, 2.05) is 29.6 Å². The number of hydrogen-bond donors (Lipinski definition) is 0. The molecule has 1 amide bonds. The standard InChI is InChI=1S/C24H25ClN2O5S/c1-29-20-11-16(12-21(30-2)22(20)31-3)23(28)27(13-18-5-4-10-32-18)24-26-19(14-33-24)15-6-8-17(25)9-7-15/h6-9,11-12,14,18H,4-5,10,13H2,1-3H3. The van der Waals surface area contributed by atoms with E-state index < -0.39 is 0 Å². The van der Waals surface area contributed by atoms with E-state index in [4.69, 9.17) is 35.5 Å². The van der Waals surface area contributed by atoms with Crippen molar-refractivity contribution in [3.05, 3.63) is 52.4 Å². The van der Waals surface area contributed by atoms with E-state index in [-0.39, 0.29) is 12.0 Å². The lowest BCUT2D eigenvalue weighted by Gasteiger charge is -2.24. The number of nitrogens with zero attached hydrogens (tertiary/aromatic N) is 2. The Bertz CT molecular complexity index is 1090. The normalized spacial score (nSPS) is 15.3. The molecule has 0 spiro atoms. The first kappa shape index (κ1) is 23.4. The molecular weight excluding hydrogens is 464 g/mol. The lowest BCUT2D eigenvalue weighted by Crippen LogP contribution is -2.37. The molecule has 33 heavy (non-hydrogen) atoms. The molecule has 1 unspecified atom stereocenters. The van der Waals surface area contributed by atoms with Gasteiger partial charge in [0.25, 0.3) is 5.91 Å². The molecule has 9 heteroatoms. The van der Waals surface area contributed by atoms with Gasteiger partial charge in [-0.1, -0.05) is 23.7 Å². The van der Waals surface area contributed by atoms with Gasteiger partial charge in [0.2, 0.25) is 5.75 Å². The number of halogens is 1. The van der Waals surface area contributed by atoms with Crippen LogP contribution in [0.25, 0.3) is 11.3 Å². The second-order valence-electron chi connectivity index (χ2n) is 7.49. The van der Waals surface area contributed by atoms with Crippen molar-refractivity contribution in [2.45, 2.75) is 18.9 Å². The highest BCUT2D eigenvalue weighted by Gasteiger charge is 2.28. The highest BCUT2D eigenvalue weighted by molar-refractivity contribution is 7.14. The summed E-state index contributed by atoms with van der Waals surface area (Å²) >= 11 is 7.43. The largest absolute Gasteiger partial charge is 0.493 e. The Morgan fingerprint density at radius 1 is 1.15 bits per heavy atom. The van der Waals surface area contributed by atoms with Crippen LogP contribution in [0.2, 0.25) is 5.02 Å². The maximum atomic E-state index is 13.7. The lowest BCUT2D eigenvalue weighted by molar-refractivity contribution is 0.0916. The van der Waals surface area contributed by atoms with Crippen LogP contribution in [0.1, 0.15) is 23.2 Å². The zero-order valence-corrected chi connectivity index (χ0v) is 20.2. The molecule has 1 fully saturated rings. The van der Waals surface area contributed by atoms with Gasteiger partial charge in [-0.15, -0.1) is 11.3 Å². The first-order valence-electron chi connectivity index (χ1n) is 10.5. The maximum absolute atomic E-state index is 13.7. The van der Waals surface area contributed by atoms with Crippen molar-refractivity contribution in [1.82, 2.24) is 4.98 Å². The number of anilines is 1. The Morgan fingerprint density at radius 2 is 1.85 bits per heavy atom. The molecule has 0 aliphatic carbocycles. The molecular formula is C24H25ClN2O5S. The van der Waals surface area contributed by atoms with Gasteiger partial charge >= 0.3 is 0 Å². The van der Waals surface area contributed by atoms with Gasteiger partial charge in [0.1, 0.15) is 0 Å². The van der Waals surface area contributed by atoms with Crippen molar-refractivity contribution >= 4 is 34.0 Å². The number of aromatic nitrogens is 1. The highest BCUT2D eigenvalue weighted by atomic mass is 35.5. The van der Waals surface area contributed by atoms with E-state index in [2.05, 4.69) is 0 Å². The summed E-state index contributed by atoms with van der Waals surface area (Å²) in [5.41, 5.74) is 2.12. The number of carbonyl (C=O) groups excluding carboxylic acids is 1. The molecule has 0 N–H and O–H groups in total. The first-order valence-corrected chi connectivity index (χ1v) is 11.7. The third kappa shape index (κ3) is 5.08. The zero-order chi connectivity index (χ0) is 23.4. The second-order valence-corrected chi connectivity index (χ2v) is 8.76. The van der Waals surface area contributed by atoms with E-state index in [9.17, 15) is 4.79 Å². The molecule has 2 aromatic carbocycles. The molecule has 1 atom stereocenters. The van der Waals surface area contributed by atoms with Crippen molar-refractivity contribution in [3.8, 4) is 28.5 Å². The van der Waals surface area contributed by atoms with Crippen molar-refractivity contribution in [1.29, 1.82) is 0 Å². The van der Waals surface area contributed by atoms with Crippen LogP contribution in [-0.2, 0) is 4.74 Å². The highest BCUT2D eigenvalue weighted by Crippen LogP contribution is 2.39. The van der Waals surface area contributed by atoms with Crippen molar-refractivity contribution < 1.29 is 23.7 Å². The quantitative estimate of drug-likeness (QED) is 0.427. The third-order valence-electron chi connectivity index (χ3n) is 5.43. The van der Waals surface area contributed by atoms with E-state index in [0.29, 0.717) is 46.1 Å². The Kier molecular flexibility index (Phi) is 7.37. The molecule has 7 nitrogen and oxygen atoms in total. The van der Waals surface area contributed by atoms with Gasteiger partial charge in [0, 0.05) is 28.1 Å². The van der Waals surface area contributed by atoms with Crippen molar-refractivity contribution in [2.75, 3.05) is 39.4 Å². The Morgan fingerprint density at radius 3 is 2.42 bits per heavy atom. The minimum atomic E-state index is -0.221. The Hall–Kier alpha value is -2.81. The molecule has 4 rings (SSSR count). The lowest BCUT2D eigenvalue weighted by atomic mass is 10.1. The molecule has 1 aliphatic rings. The second kappa shape index (κ2) is 10.4. The van der Waals surface area contributed by atoms with Crippen molar-refractivity contribution in [2.24, 2.45) is 0 Å². The third-order valence-corrected chi connectivity index (χ3v) is 6.55. The van der Waals surface area contributed by atoms with Gasteiger partial charge < -0.3 is 18.9 Å². The number of carbonyl (C=O) groups is 1. The molecule has 3 aromatic rings. The van der Waals surface area contributed by atoms with Crippen LogP contribution in [0.4, 0.5) is 5.13 Å². The number of hydrogen-bond acceptors (Lipinski definition) is 7. The fourth-order valence-corrected chi connectivity index (χ4v) is 4.71. The van der Waals surface area contributed by atoms with Gasteiger partial charge in [-0.05, 0) is 37.1 Å². The molecule has 1 saturated heterocycles. The van der Waals surface area contributed by atoms with Crippen LogP contribution < -0.4 is 19.1 Å². The molecule has 0 bridgehead atoms. The molecule has 1 aromatic heterocycles. The van der Waals surface area contributed by atoms with Crippen LogP contribution >= 0.6 is 22.9 Å². The Balaban J connectivity index is 1.70.